The number of carbonyl (C=O) groups is 5. The van der Waals surface area contributed by atoms with Crippen molar-refractivity contribution in [2.24, 2.45) is 5.73 Å². The summed E-state index contributed by atoms with van der Waals surface area (Å²) >= 11 is 0. The molecule has 3 rings (SSSR count). The lowest BCUT2D eigenvalue weighted by atomic mass is 10.0. The van der Waals surface area contributed by atoms with E-state index >= 15 is 0 Å². The molecule has 0 aliphatic carbocycles. The molecule has 148 valence electrons. The molecule has 5 amide bonds. The summed E-state index contributed by atoms with van der Waals surface area (Å²) < 4.78 is 5.15. The fourth-order valence-electron chi connectivity index (χ4n) is 3.18. The van der Waals surface area contributed by atoms with E-state index in [4.69, 9.17) is 10.5 Å². The van der Waals surface area contributed by atoms with Crippen molar-refractivity contribution in [3.8, 4) is 0 Å². The molecular weight excluding hydrogens is 368 g/mol. The molecule has 1 aromatic carbocycles. The number of nitrogens with one attached hydrogen (secondary N) is 2. The topological polar surface area (TPSA) is 148 Å². The van der Waals surface area contributed by atoms with Crippen LogP contribution in [0.2, 0.25) is 0 Å². The first-order valence-corrected chi connectivity index (χ1v) is 8.86. The van der Waals surface area contributed by atoms with Gasteiger partial charge in [-0.15, -0.1) is 0 Å². The molecule has 1 atom stereocenters. The quantitative estimate of drug-likeness (QED) is 0.417. The molecule has 0 bridgehead atoms. The number of fused-ring (bicyclic) bond motifs is 1. The number of ether oxygens (including phenoxy) is 1. The van der Waals surface area contributed by atoms with Gasteiger partial charge in [0.2, 0.25) is 17.7 Å². The van der Waals surface area contributed by atoms with E-state index in [9.17, 15) is 24.0 Å². The number of nitrogens with two attached hydrogens (primary N) is 1. The second kappa shape index (κ2) is 8.28. The van der Waals surface area contributed by atoms with Crippen LogP contribution < -0.4 is 16.4 Å². The second-order valence-electron chi connectivity index (χ2n) is 6.37. The molecule has 0 spiro atoms. The van der Waals surface area contributed by atoms with Gasteiger partial charge in [-0.25, -0.2) is 0 Å². The van der Waals surface area contributed by atoms with Gasteiger partial charge in [0.15, 0.2) is 0 Å². The minimum atomic E-state index is -1.06. The third kappa shape index (κ3) is 3.78. The van der Waals surface area contributed by atoms with Gasteiger partial charge in [0, 0.05) is 13.0 Å². The van der Waals surface area contributed by atoms with Crippen LogP contribution in [0.4, 0.5) is 5.69 Å². The SMILES string of the molecule is NCCOCCC(=O)Nc1cccc2c1C(=O)N(C1CCC(=O)NC1=O)C2=O. The molecule has 2 heterocycles. The van der Waals surface area contributed by atoms with E-state index in [-0.39, 0.29) is 48.6 Å². The number of rotatable bonds is 7. The van der Waals surface area contributed by atoms with Crippen LogP contribution in [0, 0.1) is 0 Å². The summed E-state index contributed by atoms with van der Waals surface area (Å²) in [6.07, 6.45) is 0.162. The third-order valence-corrected chi connectivity index (χ3v) is 4.48. The molecule has 4 N–H and O–H groups in total. The zero-order chi connectivity index (χ0) is 20.3. The maximum Gasteiger partial charge on any atom is 0.264 e. The predicted octanol–water partition coefficient (Wildman–Crippen LogP) is -0.608. The van der Waals surface area contributed by atoms with Crippen LogP contribution in [-0.4, -0.2) is 60.2 Å². The number of piperidine rings is 1. The molecule has 1 aromatic rings. The van der Waals surface area contributed by atoms with Crippen molar-refractivity contribution in [2.45, 2.75) is 25.3 Å². The Bertz CT molecular complexity index is 852. The third-order valence-electron chi connectivity index (χ3n) is 4.48. The fraction of sp³-hybridized carbons (Fsp3) is 0.389. The second-order valence-corrected chi connectivity index (χ2v) is 6.37. The lowest BCUT2D eigenvalue weighted by Gasteiger charge is -2.27. The van der Waals surface area contributed by atoms with Crippen LogP contribution in [0.1, 0.15) is 40.0 Å². The van der Waals surface area contributed by atoms with Crippen molar-refractivity contribution >= 4 is 35.2 Å². The number of imide groups is 2. The van der Waals surface area contributed by atoms with Gasteiger partial charge in [-0.2, -0.15) is 0 Å². The highest BCUT2D eigenvalue weighted by Crippen LogP contribution is 2.32. The largest absolute Gasteiger partial charge is 0.380 e. The molecule has 2 aliphatic rings. The number of hydrogen-bond donors (Lipinski definition) is 3. The summed E-state index contributed by atoms with van der Waals surface area (Å²) in [5.41, 5.74) is 5.63. The van der Waals surface area contributed by atoms with Gasteiger partial charge in [0.1, 0.15) is 6.04 Å². The Morgan fingerprint density at radius 2 is 2.00 bits per heavy atom. The van der Waals surface area contributed by atoms with Gasteiger partial charge < -0.3 is 15.8 Å². The average Bonchev–Trinajstić information content (AvgIpc) is 2.91. The monoisotopic (exact) mass is 388 g/mol. The minimum Gasteiger partial charge on any atom is -0.380 e. The standard InChI is InChI=1S/C18H20N4O6/c19-7-9-28-8-6-14(24)20-11-3-1-2-10-15(11)18(27)22(17(10)26)12-4-5-13(23)21-16(12)25/h1-3,12H,4-9,19H2,(H,20,24)(H,21,23,25). The summed E-state index contributed by atoms with van der Waals surface area (Å²) in [7, 11) is 0. The molecular formula is C18H20N4O6. The van der Waals surface area contributed by atoms with Crippen LogP contribution in [0.3, 0.4) is 0 Å². The van der Waals surface area contributed by atoms with Crippen LogP contribution in [0.15, 0.2) is 18.2 Å². The van der Waals surface area contributed by atoms with Gasteiger partial charge in [0.05, 0.1) is 36.4 Å². The zero-order valence-electron chi connectivity index (χ0n) is 15.0. The van der Waals surface area contributed by atoms with Crippen LogP contribution in [0.25, 0.3) is 0 Å². The van der Waals surface area contributed by atoms with Gasteiger partial charge in [-0.1, -0.05) is 6.07 Å². The van der Waals surface area contributed by atoms with E-state index in [1.165, 1.54) is 12.1 Å². The highest BCUT2D eigenvalue weighted by molar-refractivity contribution is 6.26. The maximum atomic E-state index is 12.9. The molecule has 10 nitrogen and oxygen atoms in total. The number of hydrogen-bond acceptors (Lipinski definition) is 7. The van der Waals surface area contributed by atoms with E-state index < -0.39 is 29.7 Å². The molecule has 1 fully saturated rings. The Labute approximate surface area is 160 Å². The number of benzene rings is 1. The van der Waals surface area contributed by atoms with Crippen LogP contribution >= 0.6 is 0 Å². The molecule has 10 heteroatoms. The number of anilines is 1. The Balaban J connectivity index is 1.77. The molecule has 1 saturated heterocycles. The summed E-state index contributed by atoms with van der Waals surface area (Å²) in [6.45, 7) is 0.857. The highest BCUT2D eigenvalue weighted by atomic mass is 16.5. The van der Waals surface area contributed by atoms with Crippen molar-refractivity contribution in [2.75, 3.05) is 25.1 Å². The summed E-state index contributed by atoms with van der Waals surface area (Å²) in [5, 5.41) is 4.75. The highest BCUT2D eigenvalue weighted by Gasteiger charge is 2.45. The van der Waals surface area contributed by atoms with Crippen molar-refractivity contribution in [1.82, 2.24) is 10.2 Å². The molecule has 28 heavy (non-hydrogen) atoms. The normalized spacial score (nSPS) is 18.9. The molecule has 0 saturated carbocycles. The van der Waals surface area contributed by atoms with Gasteiger partial charge >= 0.3 is 0 Å². The first-order valence-electron chi connectivity index (χ1n) is 8.86. The Morgan fingerprint density at radius 3 is 2.71 bits per heavy atom. The van der Waals surface area contributed by atoms with Crippen molar-refractivity contribution < 1.29 is 28.7 Å². The van der Waals surface area contributed by atoms with E-state index in [0.29, 0.717) is 13.2 Å². The summed E-state index contributed by atoms with van der Waals surface area (Å²) in [5.74, 6) is -2.82. The average molecular weight is 388 g/mol. The van der Waals surface area contributed by atoms with Crippen molar-refractivity contribution in [3.63, 3.8) is 0 Å². The Kier molecular flexibility index (Phi) is 5.81. The first kappa shape index (κ1) is 19.6. The van der Waals surface area contributed by atoms with Gasteiger partial charge in [-0.05, 0) is 18.6 Å². The predicted molar refractivity (Wildman–Crippen MR) is 96.2 cm³/mol. The lowest BCUT2D eigenvalue weighted by molar-refractivity contribution is -0.136. The van der Waals surface area contributed by atoms with E-state index in [1.54, 1.807) is 6.07 Å². The number of carbonyl (C=O) groups excluding carboxylic acids is 5. The van der Waals surface area contributed by atoms with Crippen LogP contribution in [0.5, 0.6) is 0 Å². The van der Waals surface area contributed by atoms with Crippen LogP contribution in [-0.2, 0) is 19.1 Å². The van der Waals surface area contributed by atoms with Crippen molar-refractivity contribution in [1.29, 1.82) is 0 Å². The molecule has 2 aliphatic heterocycles. The Morgan fingerprint density at radius 1 is 1.21 bits per heavy atom. The van der Waals surface area contributed by atoms with Crippen molar-refractivity contribution in [3.05, 3.63) is 29.3 Å². The number of amides is 5. The van der Waals surface area contributed by atoms with Gasteiger partial charge in [0.25, 0.3) is 11.8 Å². The summed E-state index contributed by atoms with van der Waals surface area (Å²) in [4.78, 5) is 62.0. The first-order chi connectivity index (χ1) is 13.4. The molecule has 0 radical (unpaired) electrons. The maximum absolute atomic E-state index is 12.9. The lowest BCUT2D eigenvalue weighted by Crippen LogP contribution is -2.54. The van der Waals surface area contributed by atoms with E-state index in [2.05, 4.69) is 10.6 Å². The van der Waals surface area contributed by atoms with Gasteiger partial charge in [-0.3, -0.25) is 34.2 Å². The minimum absolute atomic E-state index is 0.0356. The summed E-state index contributed by atoms with van der Waals surface area (Å²) in [6, 6.07) is 3.45. The molecule has 1 unspecified atom stereocenters. The number of nitrogens with zero attached hydrogens (tertiary/aromatic N) is 1. The van der Waals surface area contributed by atoms with E-state index in [1.807, 2.05) is 0 Å². The van der Waals surface area contributed by atoms with E-state index in [0.717, 1.165) is 4.90 Å². The zero-order valence-corrected chi connectivity index (χ0v) is 15.0. The smallest absolute Gasteiger partial charge is 0.264 e. The molecule has 0 aromatic heterocycles. The fourth-order valence-corrected chi connectivity index (χ4v) is 3.18. The Hall–Kier alpha value is -3.11.